The van der Waals surface area contributed by atoms with Crippen LogP contribution in [0.25, 0.3) is 0 Å². The molecule has 0 atom stereocenters. The second-order valence-electron chi connectivity index (χ2n) is 6.40. The molecule has 2 nitrogen and oxygen atoms in total. The zero-order valence-electron chi connectivity index (χ0n) is 11.7. The summed E-state index contributed by atoms with van der Waals surface area (Å²) in [5.41, 5.74) is 0.531. The smallest absolute Gasteiger partial charge is 0.0538 e. The van der Waals surface area contributed by atoms with Crippen molar-refractivity contribution in [2.45, 2.75) is 64.9 Å². The van der Waals surface area contributed by atoms with Crippen molar-refractivity contribution < 1.29 is 4.74 Å². The molecule has 2 rings (SSSR count). The molecule has 1 aliphatic carbocycles. The molecular weight excluding hydrogens is 210 g/mol. The molecule has 0 bridgehead atoms. The van der Waals surface area contributed by atoms with Gasteiger partial charge in [0.2, 0.25) is 0 Å². The van der Waals surface area contributed by atoms with Crippen LogP contribution in [0, 0.1) is 5.41 Å². The maximum absolute atomic E-state index is 5.84. The lowest BCUT2D eigenvalue weighted by Gasteiger charge is -2.29. The number of hydrogen-bond acceptors (Lipinski definition) is 2. The van der Waals surface area contributed by atoms with Gasteiger partial charge in [0.1, 0.15) is 0 Å². The molecule has 0 unspecified atom stereocenters. The van der Waals surface area contributed by atoms with Gasteiger partial charge in [0.25, 0.3) is 0 Å². The first kappa shape index (κ1) is 13.4. The predicted molar refractivity (Wildman–Crippen MR) is 72.3 cm³/mol. The molecule has 17 heavy (non-hydrogen) atoms. The highest BCUT2D eigenvalue weighted by atomic mass is 16.5. The molecule has 1 heterocycles. The van der Waals surface area contributed by atoms with Crippen LogP contribution in [-0.4, -0.2) is 37.2 Å². The minimum absolute atomic E-state index is 0.389. The van der Waals surface area contributed by atoms with Crippen molar-refractivity contribution in [3.63, 3.8) is 0 Å². The zero-order valence-corrected chi connectivity index (χ0v) is 11.7. The number of hydrogen-bond donors (Lipinski definition) is 0. The average molecular weight is 239 g/mol. The summed E-state index contributed by atoms with van der Waals surface area (Å²) in [5.74, 6) is 0. The van der Waals surface area contributed by atoms with Crippen LogP contribution in [0.1, 0.15) is 58.8 Å². The van der Waals surface area contributed by atoms with Crippen LogP contribution in [-0.2, 0) is 4.74 Å². The van der Waals surface area contributed by atoms with Crippen molar-refractivity contribution in [2.75, 3.05) is 26.2 Å². The predicted octanol–water partition coefficient (Wildman–Crippen LogP) is 3.46. The molecule has 100 valence electrons. The Labute approximate surface area is 107 Å². The minimum Gasteiger partial charge on any atom is -0.378 e. The average Bonchev–Trinajstić information content (AvgIpc) is 3.00. The number of likely N-dealkylation sites (tertiary alicyclic amines) is 1. The van der Waals surface area contributed by atoms with Gasteiger partial charge in [-0.2, -0.15) is 0 Å². The van der Waals surface area contributed by atoms with Crippen molar-refractivity contribution in [1.29, 1.82) is 0 Å². The number of ether oxygens (including phenoxy) is 1. The van der Waals surface area contributed by atoms with E-state index in [1.807, 2.05) is 0 Å². The summed E-state index contributed by atoms with van der Waals surface area (Å²) >= 11 is 0. The second kappa shape index (κ2) is 6.19. The van der Waals surface area contributed by atoms with E-state index in [-0.39, 0.29) is 0 Å². The van der Waals surface area contributed by atoms with Gasteiger partial charge in [-0.3, -0.25) is 0 Å². The molecule has 2 heteroatoms. The van der Waals surface area contributed by atoms with Gasteiger partial charge in [-0.25, -0.2) is 0 Å². The summed E-state index contributed by atoms with van der Waals surface area (Å²) in [6, 6.07) is 0. The fraction of sp³-hybridized carbons (Fsp3) is 1.00. The minimum atomic E-state index is 0.389. The van der Waals surface area contributed by atoms with E-state index < -0.39 is 0 Å². The van der Waals surface area contributed by atoms with E-state index in [4.69, 9.17) is 4.74 Å². The quantitative estimate of drug-likeness (QED) is 0.728. The molecular formula is C15H29NO. The van der Waals surface area contributed by atoms with Gasteiger partial charge < -0.3 is 9.64 Å². The Morgan fingerprint density at radius 1 is 1.00 bits per heavy atom. The molecule has 1 saturated carbocycles. The molecule has 0 amide bonds. The molecule has 0 aromatic carbocycles. The third-order valence-electron chi connectivity index (χ3n) is 4.19. The lowest BCUT2D eigenvalue weighted by atomic mass is 10.0. The second-order valence-corrected chi connectivity index (χ2v) is 6.40. The fourth-order valence-corrected chi connectivity index (χ4v) is 2.81. The van der Waals surface area contributed by atoms with Gasteiger partial charge in [0, 0.05) is 12.0 Å². The van der Waals surface area contributed by atoms with Crippen molar-refractivity contribution in [2.24, 2.45) is 5.41 Å². The maximum atomic E-state index is 5.84. The fourth-order valence-electron chi connectivity index (χ4n) is 2.81. The highest BCUT2D eigenvalue weighted by molar-refractivity contribution is 4.95. The first-order chi connectivity index (χ1) is 8.20. The lowest BCUT2D eigenvalue weighted by molar-refractivity contribution is 0.0301. The lowest BCUT2D eigenvalue weighted by Crippen LogP contribution is -2.35. The molecule has 0 radical (unpaired) electrons. The first-order valence-electron chi connectivity index (χ1n) is 7.54. The summed E-state index contributed by atoms with van der Waals surface area (Å²) in [5, 5.41) is 0. The van der Waals surface area contributed by atoms with Gasteiger partial charge in [-0.05, 0) is 52.6 Å². The van der Waals surface area contributed by atoms with Crippen LogP contribution in [0.15, 0.2) is 0 Å². The van der Waals surface area contributed by atoms with E-state index >= 15 is 0 Å². The molecule has 1 saturated heterocycles. The summed E-state index contributed by atoms with van der Waals surface area (Å²) in [6.45, 7) is 9.21. The summed E-state index contributed by atoms with van der Waals surface area (Å²) in [6.07, 6.45) is 10.3. The Hall–Kier alpha value is -0.0800. The van der Waals surface area contributed by atoms with E-state index in [0.29, 0.717) is 11.5 Å². The molecule has 2 aliphatic rings. The molecule has 0 N–H and O–H groups in total. The molecule has 0 spiro atoms. The standard InChI is InChI=1S/C15H29NO/c1-14(2)17-13-15(8-9-15)12-16-10-6-4-3-5-7-11-16/h14H,3-13H2,1-2H3. The monoisotopic (exact) mass is 239 g/mol. The van der Waals surface area contributed by atoms with Crippen LogP contribution in [0.2, 0.25) is 0 Å². The van der Waals surface area contributed by atoms with Gasteiger partial charge in [-0.1, -0.05) is 19.3 Å². The Morgan fingerprint density at radius 3 is 2.12 bits per heavy atom. The van der Waals surface area contributed by atoms with Crippen LogP contribution < -0.4 is 0 Å². The summed E-state index contributed by atoms with van der Waals surface area (Å²) < 4.78 is 5.84. The van der Waals surface area contributed by atoms with E-state index in [2.05, 4.69) is 18.7 Å². The Kier molecular flexibility index (Phi) is 4.87. The van der Waals surface area contributed by atoms with Crippen molar-refractivity contribution in [3.8, 4) is 0 Å². The van der Waals surface area contributed by atoms with Crippen molar-refractivity contribution in [3.05, 3.63) is 0 Å². The third-order valence-corrected chi connectivity index (χ3v) is 4.19. The number of nitrogens with zero attached hydrogens (tertiary/aromatic N) is 1. The van der Waals surface area contributed by atoms with E-state index in [1.165, 1.54) is 64.6 Å². The highest BCUT2D eigenvalue weighted by Gasteiger charge is 2.44. The summed E-state index contributed by atoms with van der Waals surface area (Å²) in [7, 11) is 0. The van der Waals surface area contributed by atoms with Crippen LogP contribution >= 0.6 is 0 Å². The topological polar surface area (TPSA) is 12.5 Å². The van der Waals surface area contributed by atoms with Gasteiger partial charge in [-0.15, -0.1) is 0 Å². The van der Waals surface area contributed by atoms with Gasteiger partial charge in [0.05, 0.1) is 12.7 Å². The Bertz CT molecular complexity index is 215. The molecule has 0 aromatic heterocycles. The molecule has 1 aliphatic heterocycles. The van der Waals surface area contributed by atoms with Gasteiger partial charge >= 0.3 is 0 Å². The van der Waals surface area contributed by atoms with Crippen molar-refractivity contribution in [1.82, 2.24) is 4.90 Å². The van der Waals surface area contributed by atoms with Crippen LogP contribution in [0.4, 0.5) is 0 Å². The maximum Gasteiger partial charge on any atom is 0.0538 e. The van der Waals surface area contributed by atoms with Crippen LogP contribution in [0.5, 0.6) is 0 Å². The largest absolute Gasteiger partial charge is 0.378 e. The van der Waals surface area contributed by atoms with Crippen molar-refractivity contribution >= 4 is 0 Å². The third kappa shape index (κ3) is 4.59. The van der Waals surface area contributed by atoms with E-state index in [9.17, 15) is 0 Å². The number of rotatable bonds is 5. The van der Waals surface area contributed by atoms with E-state index in [0.717, 1.165) is 6.61 Å². The zero-order chi connectivity index (χ0) is 12.1. The van der Waals surface area contributed by atoms with Gasteiger partial charge in [0.15, 0.2) is 0 Å². The SMILES string of the molecule is CC(C)OCC1(CN2CCCCCCC2)CC1. The normalized spacial score (nSPS) is 25.6. The first-order valence-corrected chi connectivity index (χ1v) is 7.54. The molecule has 2 fully saturated rings. The Balaban J connectivity index is 1.74. The summed E-state index contributed by atoms with van der Waals surface area (Å²) in [4.78, 5) is 2.70. The highest BCUT2D eigenvalue weighted by Crippen LogP contribution is 2.46. The Morgan fingerprint density at radius 2 is 1.59 bits per heavy atom. The van der Waals surface area contributed by atoms with Crippen LogP contribution in [0.3, 0.4) is 0 Å². The molecule has 0 aromatic rings. The van der Waals surface area contributed by atoms with E-state index in [1.54, 1.807) is 0 Å².